The number of halogens is 1. The van der Waals surface area contributed by atoms with Gasteiger partial charge in [-0.15, -0.1) is 0 Å². The van der Waals surface area contributed by atoms with Crippen LogP contribution >= 0.6 is 15.9 Å². The van der Waals surface area contributed by atoms with E-state index in [1.807, 2.05) is 35.0 Å². The Morgan fingerprint density at radius 2 is 1.88 bits per heavy atom. The van der Waals surface area contributed by atoms with Crippen LogP contribution in [0.3, 0.4) is 0 Å². The molecule has 4 nitrogen and oxygen atoms in total. The first-order valence-corrected chi connectivity index (χ1v) is 9.43. The third-order valence-electron chi connectivity index (χ3n) is 5.06. The van der Waals surface area contributed by atoms with Gasteiger partial charge in [0, 0.05) is 10.4 Å². The van der Waals surface area contributed by atoms with Crippen molar-refractivity contribution in [1.29, 1.82) is 0 Å². The summed E-state index contributed by atoms with van der Waals surface area (Å²) < 4.78 is 7.83. The molecule has 1 aliphatic rings. The van der Waals surface area contributed by atoms with E-state index in [4.69, 9.17) is 4.74 Å². The van der Waals surface area contributed by atoms with Gasteiger partial charge in [-0.1, -0.05) is 52.3 Å². The van der Waals surface area contributed by atoms with Crippen molar-refractivity contribution in [2.75, 3.05) is 7.11 Å². The number of benzene rings is 2. The summed E-state index contributed by atoms with van der Waals surface area (Å²) in [6, 6.07) is 18.5. The van der Waals surface area contributed by atoms with E-state index in [1.54, 1.807) is 6.20 Å². The number of nitrogens with zero attached hydrogens (tertiary/aromatic N) is 2. The second-order valence-corrected chi connectivity index (χ2v) is 7.52. The van der Waals surface area contributed by atoms with E-state index in [2.05, 4.69) is 45.3 Å². The Morgan fingerprint density at radius 1 is 1.12 bits per heavy atom. The summed E-state index contributed by atoms with van der Waals surface area (Å²) >= 11 is 3.51. The molecule has 1 aliphatic carbocycles. The van der Waals surface area contributed by atoms with Crippen LogP contribution in [0.15, 0.2) is 65.3 Å². The number of ether oxygens (including phenoxy) is 1. The summed E-state index contributed by atoms with van der Waals surface area (Å²) in [6.07, 6.45) is 3.64. The number of carbonyl (C=O) groups is 1. The van der Waals surface area contributed by atoms with Crippen molar-refractivity contribution in [3.8, 4) is 5.69 Å². The SMILES string of the molecule is COC(=O)c1cnn(-c2cccc(Br)c2)c1C1CC(c2ccccc2)C1. The number of aromatic nitrogens is 2. The van der Waals surface area contributed by atoms with E-state index >= 15 is 0 Å². The second kappa shape index (κ2) is 7.08. The molecule has 3 aromatic rings. The Morgan fingerprint density at radius 3 is 2.58 bits per heavy atom. The maximum atomic E-state index is 12.3. The zero-order valence-corrected chi connectivity index (χ0v) is 16.0. The van der Waals surface area contributed by atoms with Crippen molar-refractivity contribution >= 4 is 21.9 Å². The lowest BCUT2D eigenvalue weighted by molar-refractivity contribution is 0.0597. The molecule has 0 amide bonds. The number of methoxy groups -OCH3 is 1. The fraction of sp³-hybridized carbons (Fsp3) is 0.238. The van der Waals surface area contributed by atoms with Crippen molar-refractivity contribution < 1.29 is 9.53 Å². The standard InChI is InChI=1S/C21H19BrN2O2/c1-26-21(25)19-13-23-24(18-9-5-8-17(22)12-18)20(19)16-10-15(11-16)14-6-3-2-4-7-14/h2-9,12-13,15-16H,10-11H2,1H3. The molecule has 26 heavy (non-hydrogen) atoms. The van der Waals surface area contributed by atoms with Gasteiger partial charge in [-0.3, -0.25) is 0 Å². The molecule has 0 aliphatic heterocycles. The van der Waals surface area contributed by atoms with Crippen LogP contribution in [0, 0.1) is 0 Å². The van der Waals surface area contributed by atoms with Gasteiger partial charge in [-0.2, -0.15) is 5.10 Å². The van der Waals surface area contributed by atoms with Crippen molar-refractivity contribution in [2.45, 2.75) is 24.7 Å². The van der Waals surface area contributed by atoms with Crippen LogP contribution in [0.1, 0.15) is 46.3 Å². The molecule has 2 aromatic carbocycles. The Labute approximate surface area is 160 Å². The molecular formula is C21H19BrN2O2. The lowest BCUT2D eigenvalue weighted by Crippen LogP contribution is -2.24. The van der Waals surface area contributed by atoms with Crippen molar-refractivity contribution in [2.24, 2.45) is 0 Å². The average Bonchev–Trinajstić information content (AvgIpc) is 3.05. The van der Waals surface area contributed by atoms with Crippen molar-refractivity contribution in [3.63, 3.8) is 0 Å². The monoisotopic (exact) mass is 410 g/mol. The summed E-state index contributed by atoms with van der Waals surface area (Å²) in [7, 11) is 1.41. The summed E-state index contributed by atoms with van der Waals surface area (Å²) in [5.74, 6) is 0.484. The van der Waals surface area contributed by atoms with Gasteiger partial charge in [0.25, 0.3) is 0 Å². The fourth-order valence-corrected chi connectivity index (χ4v) is 4.06. The second-order valence-electron chi connectivity index (χ2n) is 6.60. The minimum Gasteiger partial charge on any atom is -0.465 e. The maximum absolute atomic E-state index is 12.3. The zero-order valence-electron chi connectivity index (χ0n) is 14.4. The van der Waals surface area contributed by atoms with E-state index in [1.165, 1.54) is 12.7 Å². The molecule has 0 unspecified atom stereocenters. The largest absolute Gasteiger partial charge is 0.465 e. The van der Waals surface area contributed by atoms with Gasteiger partial charge in [0.1, 0.15) is 5.56 Å². The summed E-state index contributed by atoms with van der Waals surface area (Å²) in [5.41, 5.74) is 3.80. The Bertz CT molecular complexity index is 930. The van der Waals surface area contributed by atoms with Gasteiger partial charge < -0.3 is 4.74 Å². The zero-order chi connectivity index (χ0) is 18.1. The first-order chi connectivity index (χ1) is 12.7. The molecule has 4 rings (SSSR count). The van der Waals surface area contributed by atoms with Crippen LogP contribution in [0.5, 0.6) is 0 Å². The highest BCUT2D eigenvalue weighted by atomic mass is 79.9. The molecule has 1 saturated carbocycles. The molecule has 0 radical (unpaired) electrons. The predicted molar refractivity (Wildman–Crippen MR) is 104 cm³/mol. The highest BCUT2D eigenvalue weighted by Crippen LogP contribution is 2.48. The topological polar surface area (TPSA) is 44.1 Å². The van der Waals surface area contributed by atoms with E-state index in [-0.39, 0.29) is 11.9 Å². The number of hydrogen-bond acceptors (Lipinski definition) is 3. The molecule has 5 heteroatoms. The van der Waals surface area contributed by atoms with Crippen LogP contribution in [0.25, 0.3) is 5.69 Å². The van der Waals surface area contributed by atoms with Crippen LogP contribution in [0.2, 0.25) is 0 Å². The molecule has 0 N–H and O–H groups in total. The minimum atomic E-state index is -0.329. The molecule has 1 aromatic heterocycles. The molecule has 0 saturated heterocycles. The highest BCUT2D eigenvalue weighted by Gasteiger charge is 2.37. The summed E-state index contributed by atoms with van der Waals surface area (Å²) in [6.45, 7) is 0. The number of carbonyl (C=O) groups excluding carboxylic acids is 1. The highest BCUT2D eigenvalue weighted by molar-refractivity contribution is 9.10. The first-order valence-electron chi connectivity index (χ1n) is 8.64. The van der Waals surface area contributed by atoms with Crippen molar-refractivity contribution in [1.82, 2.24) is 9.78 Å². The van der Waals surface area contributed by atoms with Gasteiger partial charge in [-0.25, -0.2) is 9.48 Å². The lowest BCUT2D eigenvalue weighted by Gasteiger charge is -2.36. The maximum Gasteiger partial charge on any atom is 0.341 e. The molecule has 132 valence electrons. The Balaban J connectivity index is 1.68. The fourth-order valence-electron chi connectivity index (χ4n) is 3.67. The first kappa shape index (κ1) is 17.0. The molecule has 0 atom stereocenters. The molecule has 0 spiro atoms. The Hall–Kier alpha value is -2.40. The molecule has 0 bridgehead atoms. The smallest absolute Gasteiger partial charge is 0.341 e. The summed E-state index contributed by atoms with van der Waals surface area (Å²) in [4.78, 5) is 12.3. The van der Waals surface area contributed by atoms with Gasteiger partial charge in [0.2, 0.25) is 0 Å². The van der Waals surface area contributed by atoms with E-state index < -0.39 is 0 Å². The third-order valence-corrected chi connectivity index (χ3v) is 5.55. The van der Waals surface area contributed by atoms with Crippen LogP contribution in [-0.2, 0) is 4.74 Å². The quantitative estimate of drug-likeness (QED) is 0.563. The lowest BCUT2D eigenvalue weighted by atomic mass is 9.69. The van der Waals surface area contributed by atoms with Crippen LogP contribution < -0.4 is 0 Å². The average molecular weight is 411 g/mol. The number of esters is 1. The van der Waals surface area contributed by atoms with Crippen LogP contribution in [0.4, 0.5) is 0 Å². The van der Waals surface area contributed by atoms with Gasteiger partial charge >= 0.3 is 5.97 Å². The van der Waals surface area contributed by atoms with Gasteiger partial charge in [0.05, 0.1) is 24.7 Å². The number of hydrogen-bond donors (Lipinski definition) is 0. The normalized spacial score (nSPS) is 19.0. The van der Waals surface area contributed by atoms with E-state index in [9.17, 15) is 4.79 Å². The summed E-state index contributed by atoms with van der Waals surface area (Å²) in [5, 5.41) is 4.49. The Kier molecular flexibility index (Phi) is 4.64. The third kappa shape index (κ3) is 3.07. The molecular weight excluding hydrogens is 392 g/mol. The predicted octanol–water partition coefficient (Wildman–Crippen LogP) is 5.08. The molecule has 1 fully saturated rings. The van der Waals surface area contributed by atoms with E-state index in [0.717, 1.165) is 28.7 Å². The van der Waals surface area contributed by atoms with Crippen molar-refractivity contribution in [3.05, 3.63) is 82.1 Å². The van der Waals surface area contributed by atoms with Gasteiger partial charge in [-0.05, 0) is 42.5 Å². The minimum absolute atomic E-state index is 0.288. The number of rotatable bonds is 4. The molecule has 1 heterocycles. The van der Waals surface area contributed by atoms with Gasteiger partial charge in [0.15, 0.2) is 0 Å². The van der Waals surface area contributed by atoms with Crippen LogP contribution in [-0.4, -0.2) is 22.9 Å². The van der Waals surface area contributed by atoms with E-state index in [0.29, 0.717) is 11.5 Å².